The molecule has 0 amide bonds. The average Bonchev–Trinajstić information content (AvgIpc) is 2.59. The van der Waals surface area contributed by atoms with E-state index in [4.69, 9.17) is 4.74 Å². The van der Waals surface area contributed by atoms with E-state index in [9.17, 15) is 13.2 Å². The lowest BCUT2D eigenvalue weighted by molar-refractivity contribution is -0.105. The maximum atomic E-state index is 12.6. The Bertz CT molecular complexity index is 824. The van der Waals surface area contributed by atoms with Gasteiger partial charge in [0, 0.05) is 5.57 Å². The molecule has 0 aliphatic rings. The third-order valence-corrected chi connectivity index (χ3v) is 5.01. The van der Waals surface area contributed by atoms with Gasteiger partial charge in [-0.1, -0.05) is 36.4 Å². The Morgan fingerprint density at radius 1 is 1.12 bits per heavy atom. The zero-order valence-electron chi connectivity index (χ0n) is 13.5. The Kier molecular flexibility index (Phi) is 5.54. The van der Waals surface area contributed by atoms with Gasteiger partial charge in [0.2, 0.25) is 10.0 Å². The Labute approximate surface area is 142 Å². The van der Waals surface area contributed by atoms with E-state index in [1.807, 2.05) is 6.92 Å². The Morgan fingerprint density at radius 3 is 2.21 bits per heavy atom. The highest BCUT2D eigenvalue weighted by atomic mass is 32.2. The van der Waals surface area contributed by atoms with E-state index in [-0.39, 0.29) is 10.5 Å². The number of carbonyl (C=O) groups is 1. The molecule has 24 heavy (non-hydrogen) atoms. The number of ether oxygens (including phenoxy) is 1. The van der Waals surface area contributed by atoms with Crippen molar-refractivity contribution in [1.29, 1.82) is 0 Å². The van der Waals surface area contributed by atoms with Gasteiger partial charge in [0.1, 0.15) is 12.0 Å². The number of benzene rings is 2. The Balaban J connectivity index is 2.36. The lowest BCUT2D eigenvalue weighted by atomic mass is 10.0. The molecular formula is C18H19NO4S. The van der Waals surface area contributed by atoms with Crippen molar-refractivity contribution in [2.75, 3.05) is 7.11 Å². The highest BCUT2D eigenvalue weighted by molar-refractivity contribution is 7.89. The number of aryl methyl sites for hydroxylation is 1. The highest BCUT2D eigenvalue weighted by Gasteiger charge is 2.23. The lowest BCUT2D eigenvalue weighted by Gasteiger charge is -2.19. The van der Waals surface area contributed by atoms with Gasteiger partial charge in [0.05, 0.1) is 18.0 Å². The fourth-order valence-corrected chi connectivity index (χ4v) is 3.39. The van der Waals surface area contributed by atoms with E-state index in [0.717, 1.165) is 5.56 Å². The van der Waals surface area contributed by atoms with E-state index in [2.05, 4.69) is 11.3 Å². The van der Waals surface area contributed by atoms with Crippen LogP contribution < -0.4 is 9.46 Å². The predicted octanol–water partition coefficient (Wildman–Crippen LogP) is 2.78. The molecule has 0 aliphatic carbocycles. The van der Waals surface area contributed by atoms with Crippen molar-refractivity contribution in [3.05, 3.63) is 71.8 Å². The van der Waals surface area contributed by atoms with Gasteiger partial charge in [-0.3, -0.25) is 4.79 Å². The van der Waals surface area contributed by atoms with Crippen LogP contribution in [0.4, 0.5) is 0 Å². The molecule has 1 N–H and O–H groups in total. The number of carbonyl (C=O) groups excluding carboxylic acids is 1. The first-order chi connectivity index (χ1) is 11.4. The molecule has 0 radical (unpaired) electrons. The van der Waals surface area contributed by atoms with Crippen molar-refractivity contribution in [2.45, 2.75) is 17.9 Å². The number of methoxy groups -OCH3 is 1. The van der Waals surface area contributed by atoms with Crippen molar-refractivity contribution >= 4 is 16.3 Å². The van der Waals surface area contributed by atoms with Crippen molar-refractivity contribution in [3.8, 4) is 5.75 Å². The van der Waals surface area contributed by atoms with Gasteiger partial charge in [0.25, 0.3) is 0 Å². The average molecular weight is 345 g/mol. The van der Waals surface area contributed by atoms with Crippen LogP contribution in [0, 0.1) is 6.92 Å². The molecule has 2 rings (SSSR count). The molecule has 2 aromatic rings. The van der Waals surface area contributed by atoms with Gasteiger partial charge < -0.3 is 4.74 Å². The summed E-state index contributed by atoms with van der Waals surface area (Å²) < 4.78 is 32.8. The first-order valence-electron chi connectivity index (χ1n) is 7.24. The zero-order valence-corrected chi connectivity index (χ0v) is 14.3. The minimum absolute atomic E-state index is 0.121. The summed E-state index contributed by atoms with van der Waals surface area (Å²) in [5.74, 6) is 0.635. The van der Waals surface area contributed by atoms with Crippen molar-refractivity contribution in [1.82, 2.24) is 4.72 Å². The number of hydrogen-bond donors (Lipinski definition) is 1. The standard InChI is InChI=1S/C18H19NO4S/c1-13-4-10-17(11-5-13)24(21,22)19-18(14(2)12-20)15-6-8-16(23-3)9-7-15/h4-12,18-19H,2H2,1,3H3/t18-/m1/s1. The molecule has 0 saturated heterocycles. The SMILES string of the molecule is C=C(C=O)[C@@H](NS(=O)(=O)c1ccc(C)cc1)c1ccc(OC)cc1. The van der Waals surface area contributed by atoms with Gasteiger partial charge in [-0.05, 0) is 36.8 Å². The van der Waals surface area contributed by atoms with Gasteiger partial charge in [0.15, 0.2) is 0 Å². The van der Waals surface area contributed by atoms with Crippen LogP contribution in [0.1, 0.15) is 17.2 Å². The maximum Gasteiger partial charge on any atom is 0.241 e. The van der Waals surface area contributed by atoms with Gasteiger partial charge in [-0.15, -0.1) is 0 Å². The maximum absolute atomic E-state index is 12.6. The number of aldehydes is 1. The summed E-state index contributed by atoms with van der Waals surface area (Å²) in [4.78, 5) is 11.3. The van der Waals surface area contributed by atoms with Gasteiger partial charge >= 0.3 is 0 Å². The van der Waals surface area contributed by atoms with Gasteiger partial charge in [-0.25, -0.2) is 8.42 Å². The second-order valence-corrected chi connectivity index (χ2v) is 7.05. The van der Waals surface area contributed by atoms with E-state index in [0.29, 0.717) is 17.6 Å². The van der Waals surface area contributed by atoms with Crippen molar-refractivity contribution < 1.29 is 17.9 Å². The third kappa shape index (κ3) is 4.10. The van der Waals surface area contributed by atoms with E-state index in [1.54, 1.807) is 36.4 Å². The normalized spacial score (nSPS) is 12.4. The summed E-state index contributed by atoms with van der Waals surface area (Å²) in [5, 5.41) is 0. The molecule has 126 valence electrons. The molecule has 0 saturated carbocycles. The number of hydrogen-bond acceptors (Lipinski definition) is 4. The molecule has 0 bridgehead atoms. The largest absolute Gasteiger partial charge is 0.497 e. The van der Waals surface area contributed by atoms with E-state index in [1.165, 1.54) is 19.2 Å². The zero-order chi connectivity index (χ0) is 17.7. The van der Waals surface area contributed by atoms with Crippen LogP contribution in [0.15, 0.2) is 65.6 Å². The van der Waals surface area contributed by atoms with Crippen LogP contribution in [-0.4, -0.2) is 21.8 Å². The van der Waals surface area contributed by atoms with Crippen LogP contribution in [0.2, 0.25) is 0 Å². The van der Waals surface area contributed by atoms with Crippen LogP contribution in [0.5, 0.6) is 5.75 Å². The number of sulfonamides is 1. The summed E-state index contributed by atoms with van der Waals surface area (Å²) >= 11 is 0. The van der Waals surface area contributed by atoms with Crippen LogP contribution in [0.3, 0.4) is 0 Å². The molecule has 5 nitrogen and oxygen atoms in total. The summed E-state index contributed by atoms with van der Waals surface area (Å²) in [6.07, 6.45) is 0.548. The lowest BCUT2D eigenvalue weighted by Crippen LogP contribution is -2.30. The van der Waals surface area contributed by atoms with Crippen LogP contribution >= 0.6 is 0 Å². The minimum atomic E-state index is -3.80. The quantitative estimate of drug-likeness (QED) is 0.619. The smallest absolute Gasteiger partial charge is 0.241 e. The second kappa shape index (κ2) is 7.42. The minimum Gasteiger partial charge on any atom is -0.497 e. The summed E-state index contributed by atoms with van der Waals surface area (Å²) in [6, 6.07) is 12.4. The molecule has 6 heteroatoms. The molecule has 0 aliphatic heterocycles. The van der Waals surface area contributed by atoms with Crippen LogP contribution in [-0.2, 0) is 14.8 Å². The highest BCUT2D eigenvalue weighted by Crippen LogP contribution is 2.24. The topological polar surface area (TPSA) is 72.5 Å². The van der Waals surface area contributed by atoms with E-state index < -0.39 is 16.1 Å². The third-order valence-electron chi connectivity index (χ3n) is 3.58. The fraction of sp³-hybridized carbons (Fsp3) is 0.167. The summed E-state index contributed by atoms with van der Waals surface area (Å²) in [6.45, 7) is 5.53. The Hall–Kier alpha value is -2.44. The molecular weight excluding hydrogens is 326 g/mol. The molecule has 0 spiro atoms. The Morgan fingerprint density at radius 2 is 1.71 bits per heavy atom. The number of nitrogens with one attached hydrogen (secondary N) is 1. The molecule has 1 atom stereocenters. The van der Waals surface area contributed by atoms with Crippen LogP contribution in [0.25, 0.3) is 0 Å². The molecule has 0 fully saturated rings. The molecule has 0 heterocycles. The first-order valence-corrected chi connectivity index (χ1v) is 8.72. The molecule has 0 unspecified atom stereocenters. The fourth-order valence-electron chi connectivity index (χ4n) is 2.16. The monoisotopic (exact) mass is 345 g/mol. The van der Waals surface area contributed by atoms with Crippen molar-refractivity contribution in [3.63, 3.8) is 0 Å². The van der Waals surface area contributed by atoms with Gasteiger partial charge in [-0.2, -0.15) is 4.72 Å². The van der Waals surface area contributed by atoms with Crippen molar-refractivity contribution in [2.24, 2.45) is 0 Å². The number of rotatable bonds is 7. The predicted molar refractivity (Wildman–Crippen MR) is 92.4 cm³/mol. The second-order valence-electron chi connectivity index (χ2n) is 5.33. The first kappa shape index (κ1) is 17.9. The summed E-state index contributed by atoms with van der Waals surface area (Å²) in [7, 11) is -2.26. The molecule has 2 aromatic carbocycles. The molecule has 0 aromatic heterocycles. The van der Waals surface area contributed by atoms with E-state index >= 15 is 0 Å². The summed E-state index contributed by atoms with van der Waals surface area (Å²) in [5.41, 5.74) is 1.68.